The van der Waals surface area contributed by atoms with Crippen LogP contribution in [0.2, 0.25) is 0 Å². The molecule has 0 aliphatic carbocycles. The number of aryl methyl sites for hydroxylation is 2. The number of rotatable bonds is 3. The molecule has 0 unspecified atom stereocenters. The average molecular weight is 255 g/mol. The molecule has 0 aliphatic rings. The second kappa shape index (κ2) is 5.14. The van der Waals surface area contributed by atoms with Crippen molar-refractivity contribution in [2.45, 2.75) is 13.8 Å². The van der Waals surface area contributed by atoms with E-state index in [2.05, 4.69) is 0 Å². The number of hydrogen-bond acceptors (Lipinski definition) is 3. The van der Waals surface area contributed by atoms with Crippen molar-refractivity contribution in [1.82, 2.24) is 0 Å². The van der Waals surface area contributed by atoms with E-state index >= 15 is 0 Å². The van der Waals surface area contributed by atoms with Crippen molar-refractivity contribution >= 4 is 11.5 Å². The van der Waals surface area contributed by atoms with Gasteiger partial charge in [-0.25, -0.2) is 0 Å². The summed E-state index contributed by atoms with van der Waals surface area (Å²) in [6.45, 7) is 3.88. The number of para-hydroxylation sites is 1. The summed E-state index contributed by atoms with van der Waals surface area (Å²) in [6.07, 6.45) is 0. The maximum Gasteiger partial charge on any atom is 0.199 e. The first-order chi connectivity index (χ1) is 9.04. The molecule has 0 aliphatic heterocycles. The molecule has 0 radical (unpaired) electrons. The summed E-state index contributed by atoms with van der Waals surface area (Å²) in [6, 6.07) is 10.9. The molecule has 19 heavy (non-hydrogen) atoms. The maximum absolute atomic E-state index is 12.6. The number of carbonyl (C=O) groups excluding carboxylic acids is 1. The van der Waals surface area contributed by atoms with E-state index in [-0.39, 0.29) is 5.78 Å². The number of nitrogens with two attached hydrogens (primary N) is 1. The Morgan fingerprint density at radius 3 is 2.47 bits per heavy atom. The molecule has 0 bridgehead atoms. The van der Waals surface area contributed by atoms with Gasteiger partial charge in [0.2, 0.25) is 0 Å². The zero-order valence-electron chi connectivity index (χ0n) is 11.4. The molecule has 0 amide bonds. The number of benzene rings is 2. The van der Waals surface area contributed by atoms with Gasteiger partial charge in [-0.1, -0.05) is 18.2 Å². The van der Waals surface area contributed by atoms with Gasteiger partial charge in [-0.2, -0.15) is 0 Å². The minimum absolute atomic E-state index is 0.104. The van der Waals surface area contributed by atoms with Gasteiger partial charge < -0.3 is 10.5 Å². The van der Waals surface area contributed by atoms with E-state index in [1.54, 1.807) is 25.3 Å². The summed E-state index contributed by atoms with van der Waals surface area (Å²) in [5.41, 5.74) is 9.39. The van der Waals surface area contributed by atoms with Gasteiger partial charge in [-0.3, -0.25) is 4.79 Å². The first-order valence-corrected chi connectivity index (χ1v) is 6.09. The zero-order chi connectivity index (χ0) is 14.0. The fourth-order valence-corrected chi connectivity index (χ4v) is 2.22. The lowest BCUT2D eigenvalue weighted by Gasteiger charge is -2.13. The topological polar surface area (TPSA) is 52.3 Å². The van der Waals surface area contributed by atoms with Gasteiger partial charge in [0.25, 0.3) is 0 Å². The van der Waals surface area contributed by atoms with E-state index in [1.807, 2.05) is 32.0 Å². The molecule has 0 fully saturated rings. The Morgan fingerprint density at radius 2 is 1.84 bits per heavy atom. The van der Waals surface area contributed by atoms with E-state index in [4.69, 9.17) is 10.5 Å². The van der Waals surface area contributed by atoms with Crippen LogP contribution in [0.3, 0.4) is 0 Å². The van der Waals surface area contributed by atoms with Crippen LogP contribution in [0.5, 0.6) is 5.75 Å². The Balaban J connectivity index is 2.59. The van der Waals surface area contributed by atoms with E-state index in [0.717, 1.165) is 11.1 Å². The summed E-state index contributed by atoms with van der Waals surface area (Å²) in [5.74, 6) is 0.484. The maximum atomic E-state index is 12.6. The first kappa shape index (κ1) is 13.1. The van der Waals surface area contributed by atoms with Gasteiger partial charge in [0.05, 0.1) is 12.7 Å². The molecule has 2 aromatic carbocycles. The quantitative estimate of drug-likeness (QED) is 0.677. The van der Waals surface area contributed by atoms with Crippen LogP contribution < -0.4 is 10.5 Å². The third-order valence-electron chi connectivity index (χ3n) is 3.10. The van der Waals surface area contributed by atoms with E-state index in [9.17, 15) is 4.79 Å². The second-order valence-corrected chi connectivity index (χ2v) is 4.58. The summed E-state index contributed by atoms with van der Waals surface area (Å²) in [4.78, 5) is 12.6. The van der Waals surface area contributed by atoms with E-state index in [0.29, 0.717) is 22.6 Å². The molecule has 0 heterocycles. The molecule has 0 saturated heterocycles. The van der Waals surface area contributed by atoms with Crippen molar-refractivity contribution in [1.29, 1.82) is 0 Å². The fraction of sp³-hybridized carbons (Fsp3) is 0.188. The number of ketones is 1. The highest BCUT2D eigenvalue weighted by atomic mass is 16.5. The van der Waals surface area contributed by atoms with Crippen molar-refractivity contribution in [3.8, 4) is 5.75 Å². The summed E-state index contributed by atoms with van der Waals surface area (Å²) < 4.78 is 5.33. The van der Waals surface area contributed by atoms with Crippen LogP contribution in [-0.4, -0.2) is 12.9 Å². The molecule has 3 heteroatoms. The van der Waals surface area contributed by atoms with Crippen molar-refractivity contribution < 1.29 is 9.53 Å². The Bertz CT molecular complexity index is 633. The molecule has 0 atom stereocenters. The average Bonchev–Trinajstić information content (AvgIpc) is 2.37. The van der Waals surface area contributed by atoms with Crippen molar-refractivity contribution in [2.75, 3.05) is 12.8 Å². The predicted octanol–water partition coefficient (Wildman–Crippen LogP) is 3.13. The van der Waals surface area contributed by atoms with Gasteiger partial charge in [-0.15, -0.1) is 0 Å². The molecule has 98 valence electrons. The second-order valence-electron chi connectivity index (χ2n) is 4.58. The van der Waals surface area contributed by atoms with Gasteiger partial charge in [0, 0.05) is 11.3 Å². The first-order valence-electron chi connectivity index (χ1n) is 6.09. The molecule has 0 saturated carbocycles. The molecule has 2 N–H and O–H groups in total. The smallest absolute Gasteiger partial charge is 0.199 e. The molecule has 2 rings (SSSR count). The van der Waals surface area contributed by atoms with Crippen LogP contribution in [0.4, 0.5) is 5.69 Å². The van der Waals surface area contributed by atoms with Crippen LogP contribution in [0, 0.1) is 13.8 Å². The van der Waals surface area contributed by atoms with Gasteiger partial charge >= 0.3 is 0 Å². The minimum Gasteiger partial charge on any atom is -0.496 e. The molecule has 0 aromatic heterocycles. The molecule has 0 spiro atoms. The summed E-state index contributed by atoms with van der Waals surface area (Å²) in [5, 5.41) is 0. The Kier molecular flexibility index (Phi) is 3.56. The Labute approximate surface area is 113 Å². The largest absolute Gasteiger partial charge is 0.496 e. The summed E-state index contributed by atoms with van der Waals surface area (Å²) in [7, 11) is 1.57. The van der Waals surface area contributed by atoms with Crippen LogP contribution in [-0.2, 0) is 0 Å². The third-order valence-corrected chi connectivity index (χ3v) is 3.10. The summed E-state index contributed by atoms with van der Waals surface area (Å²) >= 11 is 0. The molecular weight excluding hydrogens is 238 g/mol. The van der Waals surface area contributed by atoms with Gasteiger partial charge in [0.1, 0.15) is 5.75 Å². The van der Waals surface area contributed by atoms with Crippen molar-refractivity contribution in [2.24, 2.45) is 0 Å². The van der Waals surface area contributed by atoms with Gasteiger partial charge in [-0.05, 0) is 43.2 Å². The number of anilines is 1. The standard InChI is InChI=1S/C16H17NO2/c1-10-8-11(2)15(14(9-10)19-3)16(18)12-6-4-5-7-13(12)17/h4-9H,17H2,1-3H3. The fourth-order valence-electron chi connectivity index (χ4n) is 2.22. The molecular formula is C16H17NO2. The molecule has 2 aromatic rings. The van der Waals surface area contributed by atoms with E-state index < -0.39 is 0 Å². The SMILES string of the molecule is COc1cc(C)cc(C)c1C(=O)c1ccccc1N. The number of methoxy groups -OCH3 is 1. The van der Waals surface area contributed by atoms with Crippen LogP contribution in [0.15, 0.2) is 36.4 Å². The van der Waals surface area contributed by atoms with Crippen molar-refractivity contribution in [3.63, 3.8) is 0 Å². The zero-order valence-corrected chi connectivity index (χ0v) is 11.4. The normalized spacial score (nSPS) is 10.3. The Hall–Kier alpha value is -2.29. The number of carbonyl (C=O) groups is 1. The predicted molar refractivity (Wildman–Crippen MR) is 76.8 cm³/mol. The highest BCUT2D eigenvalue weighted by Crippen LogP contribution is 2.28. The lowest BCUT2D eigenvalue weighted by Crippen LogP contribution is -2.09. The highest BCUT2D eigenvalue weighted by molar-refractivity contribution is 6.14. The highest BCUT2D eigenvalue weighted by Gasteiger charge is 2.19. The minimum atomic E-state index is -0.104. The number of nitrogen functional groups attached to an aromatic ring is 1. The monoisotopic (exact) mass is 255 g/mol. The molecule has 3 nitrogen and oxygen atoms in total. The number of ether oxygens (including phenoxy) is 1. The van der Waals surface area contributed by atoms with Crippen LogP contribution in [0.25, 0.3) is 0 Å². The van der Waals surface area contributed by atoms with Gasteiger partial charge in [0.15, 0.2) is 5.78 Å². The number of hydrogen-bond donors (Lipinski definition) is 1. The Morgan fingerprint density at radius 1 is 1.16 bits per heavy atom. The van der Waals surface area contributed by atoms with E-state index in [1.165, 1.54) is 0 Å². The lowest BCUT2D eigenvalue weighted by molar-refractivity contribution is 0.103. The van der Waals surface area contributed by atoms with Crippen LogP contribution in [0.1, 0.15) is 27.0 Å². The van der Waals surface area contributed by atoms with Crippen LogP contribution >= 0.6 is 0 Å². The van der Waals surface area contributed by atoms with Crippen molar-refractivity contribution in [3.05, 3.63) is 58.7 Å². The lowest BCUT2D eigenvalue weighted by atomic mass is 9.95. The third kappa shape index (κ3) is 2.45.